The van der Waals surface area contributed by atoms with E-state index in [0.29, 0.717) is 24.7 Å². The standard InChI is InChI=1S/C36H58N2O4/c1-31(2)27-8-11-36(7)29(34(27,5)10-9-28(31)40)26(39)22-24-25-23-33(4,13-12-32(25,3)14-15-35(24,36)6)30(41)37-16-17-38-18-20-42-21-19-38/h27-29,40H,8-23H2,1-7H3,(H,37,41)/t27?,28-,29+,32+,33-,34-,35+,36+/m0/s1. The first-order valence-electron chi connectivity index (χ1n) is 17.1. The van der Waals surface area contributed by atoms with Crippen molar-refractivity contribution in [3.05, 3.63) is 11.1 Å². The maximum Gasteiger partial charge on any atom is 0.226 e. The molecule has 0 bridgehead atoms. The highest BCUT2D eigenvalue weighted by molar-refractivity contribution is 5.88. The van der Waals surface area contributed by atoms with E-state index in [0.717, 1.165) is 90.6 Å². The van der Waals surface area contributed by atoms with Crippen LogP contribution in [-0.2, 0) is 14.3 Å². The number of Topliss-reactive ketones (excluding diaryl/α,β-unsaturated/α-hetero) is 1. The van der Waals surface area contributed by atoms with Crippen LogP contribution in [0.3, 0.4) is 0 Å². The number of carbonyl (C=O) groups excluding carboxylic acids is 2. The molecule has 1 saturated heterocycles. The highest BCUT2D eigenvalue weighted by Gasteiger charge is 2.69. The number of nitrogens with one attached hydrogen (secondary N) is 1. The third-order valence-corrected chi connectivity index (χ3v) is 14.8. The van der Waals surface area contributed by atoms with Crippen molar-refractivity contribution in [3.8, 4) is 0 Å². The zero-order valence-corrected chi connectivity index (χ0v) is 27.7. The van der Waals surface area contributed by atoms with E-state index in [2.05, 4.69) is 58.7 Å². The topological polar surface area (TPSA) is 78.9 Å². The second-order valence-corrected chi connectivity index (χ2v) is 17.3. The largest absolute Gasteiger partial charge is 0.393 e. The number of amides is 1. The number of carbonyl (C=O) groups is 2. The van der Waals surface area contributed by atoms with Gasteiger partial charge in [0.15, 0.2) is 0 Å². The van der Waals surface area contributed by atoms with E-state index in [1.54, 1.807) is 0 Å². The third kappa shape index (κ3) is 4.35. The first-order chi connectivity index (χ1) is 19.6. The number of aliphatic hydroxyl groups excluding tert-OH is 1. The van der Waals surface area contributed by atoms with Crippen molar-refractivity contribution < 1.29 is 19.4 Å². The monoisotopic (exact) mass is 582 g/mol. The van der Waals surface area contributed by atoms with Crippen LogP contribution in [0.5, 0.6) is 0 Å². The van der Waals surface area contributed by atoms with E-state index >= 15 is 0 Å². The Balaban J connectivity index is 1.29. The Morgan fingerprint density at radius 2 is 1.62 bits per heavy atom. The van der Waals surface area contributed by atoms with Crippen LogP contribution in [0.2, 0.25) is 0 Å². The van der Waals surface area contributed by atoms with Crippen LogP contribution >= 0.6 is 0 Å². The summed E-state index contributed by atoms with van der Waals surface area (Å²) in [4.78, 5) is 30.7. The molecule has 6 rings (SSSR count). The van der Waals surface area contributed by atoms with Gasteiger partial charge in [0, 0.05) is 38.5 Å². The molecule has 0 spiro atoms. The molecule has 1 amide bonds. The van der Waals surface area contributed by atoms with Gasteiger partial charge in [0.05, 0.1) is 24.7 Å². The van der Waals surface area contributed by atoms with Crippen molar-refractivity contribution in [1.29, 1.82) is 0 Å². The van der Waals surface area contributed by atoms with Crippen molar-refractivity contribution in [2.75, 3.05) is 39.4 Å². The van der Waals surface area contributed by atoms with E-state index < -0.39 is 5.41 Å². The maximum atomic E-state index is 14.6. The molecule has 42 heavy (non-hydrogen) atoms. The Morgan fingerprint density at radius 3 is 2.33 bits per heavy atom. The first-order valence-corrected chi connectivity index (χ1v) is 17.1. The summed E-state index contributed by atoms with van der Waals surface area (Å²) >= 11 is 0. The Labute approximate surface area is 254 Å². The number of allylic oxidation sites excluding steroid dienone is 2. The molecule has 8 atom stereocenters. The fourth-order valence-corrected chi connectivity index (χ4v) is 11.7. The molecule has 1 aliphatic heterocycles. The summed E-state index contributed by atoms with van der Waals surface area (Å²) in [5.74, 6) is 1.01. The molecule has 1 unspecified atom stereocenters. The molecule has 5 fully saturated rings. The Hall–Kier alpha value is -1.24. The average molecular weight is 583 g/mol. The van der Waals surface area contributed by atoms with Gasteiger partial charge >= 0.3 is 0 Å². The summed E-state index contributed by atoms with van der Waals surface area (Å²) in [6.45, 7) is 21.4. The molecule has 6 nitrogen and oxygen atoms in total. The van der Waals surface area contributed by atoms with Gasteiger partial charge in [-0.1, -0.05) is 59.6 Å². The van der Waals surface area contributed by atoms with E-state index in [9.17, 15) is 14.7 Å². The number of ketones is 1. The second-order valence-electron chi connectivity index (χ2n) is 17.3. The predicted molar refractivity (Wildman–Crippen MR) is 166 cm³/mol. The summed E-state index contributed by atoms with van der Waals surface area (Å²) in [5.41, 5.74) is 2.15. The molecule has 1 heterocycles. The van der Waals surface area contributed by atoms with Gasteiger partial charge in [-0.2, -0.15) is 0 Å². The van der Waals surface area contributed by atoms with Crippen molar-refractivity contribution >= 4 is 11.7 Å². The van der Waals surface area contributed by atoms with Gasteiger partial charge in [0.2, 0.25) is 5.91 Å². The minimum atomic E-state index is -0.431. The quantitative estimate of drug-likeness (QED) is 0.403. The second kappa shape index (κ2) is 10.1. The molecular formula is C36H58N2O4. The molecule has 4 saturated carbocycles. The van der Waals surface area contributed by atoms with Gasteiger partial charge in [-0.15, -0.1) is 0 Å². The number of aliphatic hydroxyl groups is 1. The van der Waals surface area contributed by atoms with Crippen LogP contribution in [0.15, 0.2) is 11.1 Å². The van der Waals surface area contributed by atoms with Gasteiger partial charge in [-0.25, -0.2) is 0 Å². The number of hydrogen-bond donors (Lipinski definition) is 2. The molecular weight excluding hydrogens is 524 g/mol. The van der Waals surface area contributed by atoms with E-state index in [1.165, 1.54) is 11.1 Å². The van der Waals surface area contributed by atoms with Gasteiger partial charge in [0.25, 0.3) is 0 Å². The lowest BCUT2D eigenvalue weighted by atomic mass is 9.34. The molecule has 0 aromatic rings. The predicted octanol–water partition coefficient (Wildman–Crippen LogP) is 5.92. The Bertz CT molecular complexity index is 1160. The van der Waals surface area contributed by atoms with Gasteiger partial charge in [0.1, 0.15) is 5.78 Å². The normalized spacial score (nSPS) is 47.1. The molecule has 0 radical (unpaired) electrons. The van der Waals surface area contributed by atoms with E-state index in [1.807, 2.05) is 0 Å². The lowest BCUT2D eigenvalue weighted by molar-refractivity contribution is -0.203. The third-order valence-electron chi connectivity index (χ3n) is 14.8. The summed E-state index contributed by atoms with van der Waals surface area (Å²) in [7, 11) is 0. The van der Waals surface area contributed by atoms with Crippen molar-refractivity contribution in [1.82, 2.24) is 10.2 Å². The van der Waals surface area contributed by atoms with E-state index in [-0.39, 0.29) is 45.0 Å². The van der Waals surface area contributed by atoms with Crippen LogP contribution in [0, 0.1) is 44.3 Å². The van der Waals surface area contributed by atoms with Gasteiger partial charge < -0.3 is 15.2 Å². The van der Waals surface area contributed by atoms with Gasteiger partial charge in [-0.3, -0.25) is 14.5 Å². The summed E-state index contributed by atoms with van der Waals surface area (Å²) in [5, 5.41) is 14.3. The molecule has 0 aromatic heterocycles. The minimum absolute atomic E-state index is 0.0281. The lowest BCUT2D eigenvalue weighted by Crippen LogP contribution is -2.66. The van der Waals surface area contributed by atoms with Crippen molar-refractivity contribution in [2.45, 2.75) is 119 Å². The number of rotatable bonds is 4. The Kier molecular flexibility index (Phi) is 7.43. The van der Waals surface area contributed by atoms with Crippen LogP contribution < -0.4 is 5.32 Å². The highest BCUT2D eigenvalue weighted by atomic mass is 16.5. The van der Waals surface area contributed by atoms with Crippen molar-refractivity contribution in [2.24, 2.45) is 44.3 Å². The molecule has 2 N–H and O–H groups in total. The van der Waals surface area contributed by atoms with Crippen LogP contribution in [0.4, 0.5) is 0 Å². The van der Waals surface area contributed by atoms with Gasteiger partial charge in [-0.05, 0) is 90.8 Å². The zero-order chi connectivity index (χ0) is 30.3. The average Bonchev–Trinajstić information content (AvgIpc) is 2.93. The Morgan fingerprint density at radius 1 is 0.929 bits per heavy atom. The fourth-order valence-electron chi connectivity index (χ4n) is 11.7. The number of ether oxygens (including phenoxy) is 1. The van der Waals surface area contributed by atoms with Crippen LogP contribution in [0.25, 0.3) is 0 Å². The smallest absolute Gasteiger partial charge is 0.226 e. The van der Waals surface area contributed by atoms with Crippen LogP contribution in [0.1, 0.15) is 113 Å². The molecule has 0 aromatic carbocycles. The first kappa shape index (κ1) is 30.8. The number of hydrogen-bond acceptors (Lipinski definition) is 5. The zero-order valence-electron chi connectivity index (χ0n) is 27.7. The van der Waals surface area contributed by atoms with Crippen LogP contribution in [-0.4, -0.2) is 67.2 Å². The SMILES string of the molecule is CC1(C)C2CC[C@]3(C)[C@H](C(=O)CC4=C5C[C@@](C)(C(=O)NCCN6CCOCC6)CC[C@]5(C)CC[C@]43C)[C@@]2(C)CC[C@@H]1O. The highest BCUT2D eigenvalue weighted by Crippen LogP contribution is 2.74. The number of nitrogens with zero attached hydrogens (tertiary/aromatic N) is 1. The fraction of sp³-hybridized carbons (Fsp3) is 0.889. The number of fused-ring (bicyclic) bond motifs is 6. The summed E-state index contributed by atoms with van der Waals surface area (Å²) in [6.07, 6.45) is 9.13. The molecule has 236 valence electrons. The summed E-state index contributed by atoms with van der Waals surface area (Å²) < 4.78 is 5.47. The summed E-state index contributed by atoms with van der Waals surface area (Å²) in [6, 6.07) is 0. The van der Waals surface area contributed by atoms with E-state index in [4.69, 9.17) is 4.74 Å². The maximum absolute atomic E-state index is 14.6. The van der Waals surface area contributed by atoms with Crippen molar-refractivity contribution in [3.63, 3.8) is 0 Å². The number of morpholine rings is 1. The molecule has 6 heteroatoms. The molecule has 5 aliphatic carbocycles. The molecule has 6 aliphatic rings. The minimum Gasteiger partial charge on any atom is -0.393 e. The lowest BCUT2D eigenvalue weighted by Gasteiger charge is -2.70.